The molecule has 3 atom stereocenters. The van der Waals surface area contributed by atoms with Gasteiger partial charge in [-0.3, -0.25) is 15.0 Å². The van der Waals surface area contributed by atoms with E-state index in [4.69, 9.17) is 9.84 Å². The zero-order valence-corrected chi connectivity index (χ0v) is 21.8. The summed E-state index contributed by atoms with van der Waals surface area (Å²) in [5.74, 6) is -2.98. The number of aromatic nitrogens is 2. The van der Waals surface area contributed by atoms with E-state index >= 15 is 0 Å². The third kappa shape index (κ3) is 5.11. The average Bonchev–Trinajstić information content (AvgIpc) is 3.63. The van der Waals surface area contributed by atoms with Crippen LogP contribution in [-0.2, 0) is 22.4 Å². The second-order valence-electron chi connectivity index (χ2n) is 10.3. The first-order chi connectivity index (χ1) is 18.7. The van der Waals surface area contributed by atoms with Gasteiger partial charge in [-0.15, -0.1) is 0 Å². The van der Waals surface area contributed by atoms with Crippen molar-refractivity contribution < 1.29 is 28.2 Å². The number of carboxylic acids is 1. The van der Waals surface area contributed by atoms with E-state index < -0.39 is 41.1 Å². The number of anilines is 1. The average molecular weight is 540 g/mol. The molecule has 5 rings (SSSR count). The van der Waals surface area contributed by atoms with Crippen molar-refractivity contribution in [1.82, 2.24) is 20.0 Å². The maximum atomic E-state index is 14.2. The van der Waals surface area contributed by atoms with Gasteiger partial charge >= 0.3 is 12.0 Å². The van der Waals surface area contributed by atoms with Crippen molar-refractivity contribution in [1.29, 1.82) is 0 Å². The number of likely N-dealkylation sites (tertiary alicyclic amines) is 1. The number of amides is 2. The molecule has 9 nitrogen and oxygen atoms in total. The summed E-state index contributed by atoms with van der Waals surface area (Å²) in [4.78, 5) is 27.3. The van der Waals surface area contributed by atoms with E-state index in [0.29, 0.717) is 11.4 Å². The molecule has 1 aromatic heterocycles. The molecule has 2 aliphatic rings. The molecule has 1 unspecified atom stereocenters. The number of urea groups is 1. The fourth-order valence-corrected chi connectivity index (χ4v) is 5.59. The number of carboxylic acid groups (broad SMARTS) is 1. The Balaban J connectivity index is 1.43. The molecule has 39 heavy (non-hydrogen) atoms. The number of hydrogen-bond donors (Lipinski definition) is 3. The summed E-state index contributed by atoms with van der Waals surface area (Å²) in [5, 5.41) is 20.6. The second-order valence-corrected chi connectivity index (χ2v) is 10.3. The summed E-state index contributed by atoms with van der Waals surface area (Å²) in [7, 11) is 1.42. The van der Waals surface area contributed by atoms with Gasteiger partial charge in [-0.25, -0.2) is 18.3 Å². The molecule has 2 heterocycles. The number of carbonyl (C=O) groups is 2. The SMILES string of the molecule is COCC(C)(C(=O)O)N1C[C@@H](NC(=O)Nc2c3c(nn2-c2ccccc2)CCC3)[C@H](c2ccc(F)c(F)c2)C1. The minimum Gasteiger partial charge on any atom is -0.480 e. The van der Waals surface area contributed by atoms with E-state index in [0.717, 1.165) is 48.3 Å². The van der Waals surface area contributed by atoms with Gasteiger partial charge in [-0.2, -0.15) is 5.10 Å². The fraction of sp³-hybridized carbons (Fsp3) is 0.393. The van der Waals surface area contributed by atoms with Crippen LogP contribution in [0.5, 0.6) is 0 Å². The number of aliphatic carboxylic acids is 1. The lowest BCUT2D eigenvalue weighted by Crippen LogP contribution is -2.55. The molecule has 3 N–H and O–H groups in total. The highest BCUT2D eigenvalue weighted by Crippen LogP contribution is 2.34. The fourth-order valence-electron chi connectivity index (χ4n) is 5.59. The van der Waals surface area contributed by atoms with Gasteiger partial charge in [0.15, 0.2) is 11.6 Å². The number of fused-ring (bicyclic) bond motifs is 1. The highest BCUT2D eigenvalue weighted by molar-refractivity contribution is 5.90. The minimum atomic E-state index is -1.38. The van der Waals surface area contributed by atoms with Crippen molar-refractivity contribution in [2.45, 2.75) is 43.7 Å². The van der Waals surface area contributed by atoms with Crippen molar-refractivity contribution in [2.75, 3.05) is 32.1 Å². The molecule has 1 aliphatic carbocycles. The predicted octanol–water partition coefficient (Wildman–Crippen LogP) is 3.72. The van der Waals surface area contributed by atoms with Crippen LogP contribution >= 0.6 is 0 Å². The third-order valence-corrected chi connectivity index (χ3v) is 7.73. The summed E-state index contributed by atoms with van der Waals surface area (Å²) in [5.41, 5.74) is 1.81. The zero-order chi connectivity index (χ0) is 27.7. The largest absolute Gasteiger partial charge is 0.480 e. The Labute approximate surface area is 224 Å². The lowest BCUT2D eigenvalue weighted by atomic mass is 9.94. The summed E-state index contributed by atoms with van der Waals surface area (Å²) in [6.07, 6.45) is 2.57. The summed E-state index contributed by atoms with van der Waals surface area (Å²) < 4.78 is 34.8. The Morgan fingerprint density at radius 3 is 2.59 bits per heavy atom. The third-order valence-electron chi connectivity index (χ3n) is 7.73. The van der Waals surface area contributed by atoms with E-state index in [-0.39, 0.29) is 19.7 Å². The number of methoxy groups -OCH3 is 1. The highest BCUT2D eigenvalue weighted by atomic mass is 19.2. The molecule has 1 fully saturated rings. The van der Waals surface area contributed by atoms with Gasteiger partial charge in [0.05, 0.1) is 24.0 Å². The number of carbonyl (C=O) groups excluding carboxylic acids is 1. The van der Waals surface area contributed by atoms with Crippen LogP contribution < -0.4 is 10.6 Å². The van der Waals surface area contributed by atoms with Crippen molar-refractivity contribution >= 4 is 17.8 Å². The molecular weight excluding hydrogens is 508 g/mol. The normalized spacial score (nSPS) is 20.4. The van der Waals surface area contributed by atoms with E-state index in [1.807, 2.05) is 30.3 Å². The van der Waals surface area contributed by atoms with Crippen molar-refractivity contribution in [3.63, 3.8) is 0 Å². The Morgan fingerprint density at radius 1 is 1.13 bits per heavy atom. The summed E-state index contributed by atoms with van der Waals surface area (Å²) >= 11 is 0. The molecule has 1 saturated heterocycles. The smallest absolute Gasteiger partial charge is 0.326 e. The number of aryl methyl sites for hydroxylation is 1. The number of rotatable bonds is 8. The first kappa shape index (κ1) is 26.8. The Hall–Kier alpha value is -3.83. The summed E-state index contributed by atoms with van der Waals surface area (Å²) in [6, 6.07) is 12.0. The van der Waals surface area contributed by atoms with Gasteiger partial charge in [0.2, 0.25) is 0 Å². The molecule has 0 spiro atoms. The molecule has 2 aromatic carbocycles. The van der Waals surface area contributed by atoms with Crippen LogP contribution in [0.3, 0.4) is 0 Å². The molecule has 3 aromatic rings. The number of halogens is 2. The summed E-state index contributed by atoms with van der Waals surface area (Å²) in [6.45, 7) is 1.82. The van der Waals surface area contributed by atoms with Crippen LogP contribution in [0.15, 0.2) is 48.5 Å². The van der Waals surface area contributed by atoms with Gasteiger partial charge in [0.25, 0.3) is 0 Å². The first-order valence-corrected chi connectivity index (χ1v) is 12.9. The van der Waals surface area contributed by atoms with Crippen molar-refractivity contribution in [2.24, 2.45) is 0 Å². The van der Waals surface area contributed by atoms with Crippen molar-refractivity contribution in [3.8, 4) is 5.69 Å². The molecule has 0 saturated carbocycles. The second kappa shape index (κ2) is 10.7. The number of para-hydroxylation sites is 1. The Kier molecular flexibility index (Phi) is 7.37. The number of ether oxygens (including phenoxy) is 1. The molecule has 0 radical (unpaired) electrons. The first-order valence-electron chi connectivity index (χ1n) is 12.9. The highest BCUT2D eigenvalue weighted by Gasteiger charge is 2.47. The monoisotopic (exact) mass is 539 g/mol. The van der Waals surface area contributed by atoms with E-state index in [1.165, 1.54) is 13.2 Å². The lowest BCUT2D eigenvalue weighted by Gasteiger charge is -2.34. The molecule has 0 bridgehead atoms. The predicted molar refractivity (Wildman–Crippen MR) is 140 cm³/mol. The van der Waals surface area contributed by atoms with Crippen LogP contribution in [0.25, 0.3) is 5.69 Å². The zero-order valence-electron chi connectivity index (χ0n) is 21.8. The number of benzene rings is 2. The standard InChI is InChI=1S/C28H31F2N5O4/c1-28(16-39-2,26(36)37)34-14-20(17-11-12-21(29)22(30)13-17)24(15-34)31-27(38)32-25-19-9-6-10-23(19)33-35(25)18-7-4-3-5-8-18/h3-5,7-8,11-13,20,24H,6,9-10,14-16H2,1-2H3,(H,36,37)(H2,31,32,38)/t20-,24+,28?/m0/s1. The van der Waals surface area contributed by atoms with Gasteiger partial charge in [-0.1, -0.05) is 24.3 Å². The van der Waals surface area contributed by atoms with Crippen LogP contribution in [0.1, 0.15) is 36.1 Å². The van der Waals surface area contributed by atoms with Gasteiger partial charge in [-0.05, 0) is 56.0 Å². The molecule has 2 amide bonds. The van der Waals surface area contributed by atoms with Gasteiger partial charge < -0.3 is 15.2 Å². The van der Waals surface area contributed by atoms with Crippen LogP contribution in [0.4, 0.5) is 19.4 Å². The topological polar surface area (TPSA) is 109 Å². The lowest BCUT2D eigenvalue weighted by molar-refractivity contribution is -0.153. The molecular formula is C28H31F2N5O4. The maximum Gasteiger partial charge on any atom is 0.326 e. The molecule has 206 valence electrons. The molecule has 1 aliphatic heterocycles. The number of nitrogens with one attached hydrogen (secondary N) is 2. The van der Waals surface area contributed by atoms with Gasteiger partial charge in [0, 0.05) is 31.7 Å². The Bertz CT molecular complexity index is 1380. The van der Waals surface area contributed by atoms with E-state index in [2.05, 4.69) is 10.6 Å². The maximum absolute atomic E-state index is 14.2. The van der Waals surface area contributed by atoms with Crippen LogP contribution in [0.2, 0.25) is 0 Å². The van der Waals surface area contributed by atoms with Crippen LogP contribution in [0, 0.1) is 11.6 Å². The van der Waals surface area contributed by atoms with Crippen molar-refractivity contribution in [3.05, 3.63) is 77.0 Å². The molecule has 11 heteroatoms. The Morgan fingerprint density at radius 2 is 1.90 bits per heavy atom. The quantitative estimate of drug-likeness (QED) is 0.403. The number of hydrogen-bond acceptors (Lipinski definition) is 5. The van der Waals surface area contributed by atoms with Gasteiger partial charge in [0.1, 0.15) is 11.4 Å². The minimum absolute atomic E-state index is 0.0891. The van der Waals surface area contributed by atoms with Crippen LogP contribution in [-0.4, -0.2) is 70.2 Å². The number of nitrogens with zero attached hydrogens (tertiary/aromatic N) is 3. The van der Waals surface area contributed by atoms with E-state index in [9.17, 15) is 23.5 Å². The van der Waals surface area contributed by atoms with E-state index in [1.54, 1.807) is 16.5 Å².